The van der Waals surface area contributed by atoms with E-state index in [2.05, 4.69) is 21.8 Å². The lowest BCUT2D eigenvalue weighted by Gasteiger charge is -2.34. The molecule has 6 nitrogen and oxygen atoms in total. The highest BCUT2D eigenvalue weighted by Crippen LogP contribution is 2.42. The van der Waals surface area contributed by atoms with E-state index in [1.807, 2.05) is 29.4 Å². The summed E-state index contributed by atoms with van der Waals surface area (Å²) >= 11 is 0. The fourth-order valence-electron chi connectivity index (χ4n) is 5.14. The summed E-state index contributed by atoms with van der Waals surface area (Å²) in [5.41, 5.74) is 2.35. The highest BCUT2D eigenvalue weighted by molar-refractivity contribution is 5.73. The van der Waals surface area contributed by atoms with E-state index in [-0.39, 0.29) is 11.7 Å². The number of ether oxygens (including phenoxy) is 1. The smallest absolute Gasteiger partial charge is 0.225 e. The van der Waals surface area contributed by atoms with Gasteiger partial charge in [0.15, 0.2) is 11.6 Å². The molecule has 0 bridgehead atoms. The van der Waals surface area contributed by atoms with Crippen LogP contribution in [-0.4, -0.2) is 54.1 Å². The Hall–Kier alpha value is -2.70. The van der Waals surface area contributed by atoms with Crippen LogP contribution >= 0.6 is 0 Å². The van der Waals surface area contributed by atoms with Crippen LogP contribution in [0.4, 0.5) is 10.3 Å². The largest absolute Gasteiger partial charge is 0.494 e. The monoisotopic (exact) mass is 440 g/mol. The van der Waals surface area contributed by atoms with Gasteiger partial charge in [-0.3, -0.25) is 4.79 Å². The van der Waals surface area contributed by atoms with Gasteiger partial charge in [0.25, 0.3) is 0 Å². The van der Waals surface area contributed by atoms with Gasteiger partial charge in [-0.25, -0.2) is 14.4 Å². The molecule has 3 atom stereocenters. The minimum absolute atomic E-state index is 0.129. The molecule has 0 spiro atoms. The van der Waals surface area contributed by atoms with Crippen molar-refractivity contribution in [2.75, 3.05) is 38.2 Å². The molecule has 4 rings (SSSR count). The predicted octanol–water partition coefficient (Wildman–Crippen LogP) is 4.37. The molecule has 7 heteroatoms. The van der Waals surface area contributed by atoms with Gasteiger partial charge in [-0.1, -0.05) is 13.0 Å². The van der Waals surface area contributed by atoms with Gasteiger partial charge in [0, 0.05) is 45.5 Å². The Kier molecular flexibility index (Phi) is 6.92. The van der Waals surface area contributed by atoms with E-state index in [0.717, 1.165) is 57.0 Å². The van der Waals surface area contributed by atoms with Gasteiger partial charge in [0.1, 0.15) is 0 Å². The normalized spacial score (nSPS) is 22.1. The molecule has 2 aliphatic rings. The quantitative estimate of drug-likeness (QED) is 0.668. The van der Waals surface area contributed by atoms with Crippen LogP contribution in [0.5, 0.6) is 5.75 Å². The summed E-state index contributed by atoms with van der Waals surface area (Å²) in [6.07, 6.45) is 8.56. The van der Waals surface area contributed by atoms with Crippen molar-refractivity contribution in [3.63, 3.8) is 0 Å². The van der Waals surface area contributed by atoms with Gasteiger partial charge >= 0.3 is 0 Å². The second-order valence-corrected chi connectivity index (χ2v) is 9.22. The molecule has 1 aromatic heterocycles. The van der Waals surface area contributed by atoms with Gasteiger partial charge in [0.05, 0.1) is 7.11 Å². The molecule has 2 aromatic rings. The minimum Gasteiger partial charge on any atom is -0.494 e. The summed E-state index contributed by atoms with van der Waals surface area (Å²) in [6, 6.07) is 5.20. The average Bonchev–Trinajstić information content (AvgIpc) is 3.28. The Labute approximate surface area is 189 Å². The molecule has 0 unspecified atom stereocenters. The number of nitrogens with zero attached hydrogens (tertiary/aromatic N) is 4. The van der Waals surface area contributed by atoms with Crippen LogP contribution in [-0.2, 0) is 4.79 Å². The maximum atomic E-state index is 13.7. The van der Waals surface area contributed by atoms with Crippen molar-refractivity contribution in [1.29, 1.82) is 0 Å². The van der Waals surface area contributed by atoms with Gasteiger partial charge in [0.2, 0.25) is 11.9 Å². The zero-order valence-corrected chi connectivity index (χ0v) is 19.3. The molecule has 1 saturated carbocycles. The molecule has 1 aliphatic carbocycles. The number of halogens is 1. The highest BCUT2D eigenvalue weighted by atomic mass is 19.1. The third-order valence-corrected chi connectivity index (χ3v) is 7.11. The molecular formula is C25H33FN4O2. The van der Waals surface area contributed by atoms with E-state index in [4.69, 9.17) is 4.74 Å². The number of aromatic nitrogens is 2. The molecule has 1 saturated heterocycles. The first kappa shape index (κ1) is 22.5. The van der Waals surface area contributed by atoms with Crippen LogP contribution in [0.2, 0.25) is 0 Å². The maximum absolute atomic E-state index is 13.7. The summed E-state index contributed by atoms with van der Waals surface area (Å²) in [4.78, 5) is 24.8. The maximum Gasteiger partial charge on any atom is 0.225 e. The topological polar surface area (TPSA) is 58.6 Å². The lowest BCUT2D eigenvalue weighted by Crippen LogP contribution is -2.48. The van der Waals surface area contributed by atoms with Gasteiger partial charge < -0.3 is 14.5 Å². The number of hydrogen-bond acceptors (Lipinski definition) is 5. The number of rotatable bonds is 6. The van der Waals surface area contributed by atoms with E-state index in [9.17, 15) is 9.18 Å². The first-order chi connectivity index (χ1) is 15.4. The first-order valence-electron chi connectivity index (χ1n) is 11.6. The minimum atomic E-state index is -0.312. The average molecular weight is 441 g/mol. The van der Waals surface area contributed by atoms with Crippen LogP contribution in [0.1, 0.15) is 62.5 Å². The van der Waals surface area contributed by atoms with E-state index < -0.39 is 0 Å². The summed E-state index contributed by atoms with van der Waals surface area (Å²) in [5.74, 6) is 2.40. The van der Waals surface area contributed by atoms with Crippen molar-refractivity contribution in [2.45, 2.75) is 51.4 Å². The van der Waals surface area contributed by atoms with Crippen LogP contribution < -0.4 is 9.64 Å². The number of benzene rings is 1. The first-order valence-corrected chi connectivity index (χ1v) is 11.6. The molecule has 32 heavy (non-hydrogen) atoms. The van der Waals surface area contributed by atoms with Crippen molar-refractivity contribution in [3.8, 4) is 5.75 Å². The third-order valence-electron chi connectivity index (χ3n) is 7.11. The fourth-order valence-corrected chi connectivity index (χ4v) is 5.14. The zero-order valence-electron chi connectivity index (χ0n) is 19.3. The summed E-state index contributed by atoms with van der Waals surface area (Å²) in [7, 11) is 1.51. The predicted molar refractivity (Wildman–Crippen MR) is 123 cm³/mol. The number of hydrogen-bond donors (Lipinski definition) is 0. The van der Waals surface area contributed by atoms with Crippen molar-refractivity contribution in [2.24, 2.45) is 5.92 Å². The molecule has 0 N–H and O–H groups in total. The molecule has 1 amide bonds. The SMILES string of the molecule is COc1cc([C@@H](C)C[C@H]2CC[C@@H](c3cnc(N4CCN(C(C)=O)CC4)nc3)C2)ccc1F. The number of anilines is 1. The fraction of sp³-hybridized carbons (Fsp3) is 0.560. The van der Waals surface area contributed by atoms with Crippen molar-refractivity contribution in [1.82, 2.24) is 14.9 Å². The Balaban J connectivity index is 1.31. The van der Waals surface area contributed by atoms with Crippen LogP contribution in [0.15, 0.2) is 30.6 Å². The second kappa shape index (κ2) is 9.84. The molecule has 172 valence electrons. The standard InChI is InChI=1S/C25H33FN4O2/c1-17(20-6-7-23(26)24(14-20)32-3)12-19-4-5-21(13-19)22-15-27-25(28-16-22)30-10-8-29(9-11-30)18(2)31/h6-7,14-17,19,21H,4-5,8-13H2,1-3H3/t17-,19+,21+/m0/s1. The van der Waals surface area contributed by atoms with E-state index in [1.54, 1.807) is 6.92 Å². The molecule has 2 heterocycles. The second-order valence-electron chi connectivity index (χ2n) is 9.22. The number of methoxy groups -OCH3 is 1. The lowest BCUT2D eigenvalue weighted by atomic mass is 9.88. The Morgan fingerprint density at radius 1 is 1.19 bits per heavy atom. The van der Waals surface area contributed by atoms with Gasteiger partial charge in [-0.2, -0.15) is 0 Å². The number of carbonyl (C=O) groups is 1. The number of carbonyl (C=O) groups excluding carboxylic acids is 1. The van der Waals surface area contributed by atoms with Crippen LogP contribution in [0.3, 0.4) is 0 Å². The molecule has 1 aliphatic heterocycles. The van der Waals surface area contributed by atoms with Crippen molar-refractivity contribution in [3.05, 3.63) is 47.5 Å². The molecule has 0 radical (unpaired) electrons. The van der Waals surface area contributed by atoms with Gasteiger partial charge in [-0.05, 0) is 66.7 Å². The lowest BCUT2D eigenvalue weighted by molar-refractivity contribution is -0.129. The number of piperazine rings is 1. The number of amides is 1. The third kappa shape index (κ3) is 5.03. The Bertz CT molecular complexity index is 928. The Morgan fingerprint density at radius 3 is 2.56 bits per heavy atom. The molecular weight excluding hydrogens is 407 g/mol. The van der Waals surface area contributed by atoms with E-state index in [1.165, 1.54) is 25.2 Å². The molecule has 2 fully saturated rings. The zero-order chi connectivity index (χ0) is 22.7. The van der Waals surface area contributed by atoms with Crippen molar-refractivity contribution >= 4 is 11.9 Å². The van der Waals surface area contributed by atoms with E-state index >= 15 is 0 Å². The molecule has 1 aromatic carbocycles. The summed E-state index contributed by atoms with van der Waals surface area (Å²) in [5, 5.41) is 0. The van der Waals surface area contributed by atoms with Gasteiger partial charge in [-0.15, -0.1) is 0 Å². The highest BCUT2D eigenvalue weighted by Gasteiger charge is 2.28. The van der Waals surface area contributed by atoms with Crippen LogP contribution in [0, 0.1) is 11.7 Å². The Morgan fingerprint density at radius 2 is 1.91 bits per heavy atom. The summed E-state index contributed by atoms with van der Waals surface area (Å²) in [6.45, 7) is 6.83. The van der Waals surface area contributed by atoms with Crippen molar-refractivity contribution < 1.29 is 13.9 Å². The summed E-state index contributed by atoms with van der Waals surface area (Å²) < 4.78 is 18.9. The van der Waals surface area contributed by atoms with E-state index in [0.29, 0.717) is 23.5 Å². The van der Waals surface area contributed by atoms with Crippen LogP contribution in [0.25, 0.3) is 0 Å².